The van der Waals surface area contributed by atoms with E-state index in [2.05, 4.69) is 182 Å². The third kappa shape index (κ3) is 4.48. The van der Waals surface area contributed by atoms with Crippen molar-refractivity contribution in [1.29, 1.82) is 0 Å². The van der Waals surface area contributed by atoms with Crippen LogP contribution in [0.5, 0.6) is 0 Å². The summed E-state index contributed by atoms with van der Waals surface area (Å²) >= 11 is 3.81. The summed E-state index contributed by atoms with van der Waals surface area (Å²) in [7, 11) is 0. The minimum Gasteiger partial charge on any atom is -0.135 e. The first kappa shape index (κ1) is 30.2. The van der Waals surface area contributed by atoms with E-state index in [1.807, 2.05) is 22.7 Å². The molecule has 0 saturated carbocycles. The molecule has 0 bridgehead atoms. The molecule has 0 atom stereocenters. The van der Waals surface area contributed by atoms with E-state index in [9.17, 15) is 0 Å². The molecule has 54 heavy (non-hydrogen) atoms. The van der Waals surface area contributed by atoms with Gasteiger partial charge in [0.1, 0.15) is 0 Å². The highest BCUT2D eigenvalue weighted by molar-refractivity contribution is 7.27. The number of hydrogen-bond acceptors (Lipinski definition) is 2. The van der Waals surface area contributed by atoms with Gasteiger partial charge in [0.15, 0.2) is 0 Å². The lowest BCUT2D eigenvalue weighted by atomic mass is 9.85. The van der Waals surface area contributed by atoms with Crippen molar-refractivity contribution in [3.05, 3.63) is 182 Å². The summed E-state index contributed by atoms with van der Waals surface area (Å²) < 4.78 is 5.40. The highest BCUT2D eigenvalue weighted by Gasteiger charge is 2.18. The van der Waals surface area contributed by atoms with E-state index in [4.69, 9.17) is 0 Å². The van der Waals surface area contributed by atoms with Gasteiger partial charge in [0.2, 0.25) is 0 Å². The SMILES string of the molecule is c1cc(-c2ccc3sc4cc5ccc6c7ccccc7sc6c5cc4c3c2)cc(-c2c3ccccc3c(-c3ccc4ccccc4c3)c3ccccc23)c1. The van der Waals surface area contributed by atoms with Crippen LogP contribution in [-0.2, 0) is 0 Å². The summed E-state index contributed by atoms with van der Waals surface area (Å²) in [4.78, 5) is 0. The lowest BCUT2D eigenvalue weighted by Gasteiger charge is -2.18. The molecule has 2 heterocycles. The van der Waals surface area contributed by atoms with Gasteiger partial charge in [-0.05, 0) is 114 Å². The molecule has 0 N–H and O–H groups in total. The fraction of sp³-hybridized carbons (Fsp3) is 0. The van der Waals surface area contributed by atoms with Crippen LogP contribution < -0.4 is 0 Å². The fourth-order valence-corrected chi connectivity index (χ4v) is 11.3. The van der Waals surface area contributed by atoms with E-state index in [1.54, 1.807) is 0 Å². The van der Waals surface area contributed by atoms with Crippen LogP contribution in [0.3, 0.4) is 0 Å². The molecule has 0 nitrogen and oxygen atoms in total. The van der Waals surface area contributed by atoms with E-state index in [1.165, 1.54) is 117 Å². The Kier molecular flexibility index (Phi) is 6.48. The molecule has 10 aromatic carbocycles. The second-order valence-corrected chi connectivity index (χ2v) is 16.5. The van der Waals surface area contributed by atoms with Crippen molar-refractivity contribution in [3.8, 4) is 33.4 Å². The summed E-state index contributed by atoms with van der Waals surface area (Å²) in [6.07, 6.45) is 0. The number of rotatable bonds is 3. The van der Waals surface area contributed by atoms with Crippen molar-refractivity contribution in [2.24, 2.45) is 0 Å². The van der Waals surface area contributed by atoms with Crippen LogP contribution >= 0.6 is 22.7 Å². The average Bonchev–Trinajstić information content (AvgIpc) is 3.79. The number of fused-ring (bicyclic) bond motifs is 11. The number of benzene rings is 10. The van der Waals surface area contributed by atoms with E-state index in [0.29, 0.717) is 0 Å². The Morgan fingerprint density at radius 3 is 1.59 bits per heavy atom. The summed E-state index contributed by atoms with van der Waals surface area (Å²) in [5, 5.41) is 15.6. The Balaban J connectivity index is 1.04. The van der Waals surface area contributed by atoms with Crippen molar-refractivity contribution in [2.45, 2.75) is 0 Å². The maximum Gasteiger partial charge on any atom is 0.0434 e. The predicted molar refractivity (Wildman–Crippen MR) is 239 cm³/mol. The summed E-state index contributed by atoms with van der Waals surface area (Å²) in [6, 6.07) is 67.9. The fourth-order valence-electron chi connectivity index (χ4n) is 8.91. The van der Waals surface area contributed by atoms with E-state index in [-0.39, 0.29) is 0 Å². The molecule has 0 aliphatic heterocycles. The standard InChI is InChI=1S/C52H30S2/c1-2-11-32-26-37(21-20-31(32)10-1)51-41-17-5-3-15-39(41)50(40-16-4-6-18-42(40)51)36-13-9-12-33(27-36)34-23-25-48-45(28-34)46-30-44-35(29-49(46)53-48)22-24-43-38-14-7-8-19-47(38)54-52(43)44/h1-30H. The molecule has 0 saturated heterocycles. The molecular formula is C52H30S2. The number of hydrogen-bond donors (Lipinski definition) is 0. The van der Waals surface area contributed by atoms with Crippen molar-refractivity contribution < 1.29 is 0 Å². The Hall–Kier alpha value is -6.32. The quantitative estimate of drug-likeness (QED) is 0.160. The predicted octanol–water partition coefficient (Wildman–Crippen LogP) is 16.0. The van der Waals surface area contributed by atoms with Gasteiger partial charge in [0, 0.05) is 45.7 Å². The summed E-state index contributed by atoms with van der Waals surface area (Å²) in [5.41, 5.74) is 7.53. The molecule has 2 heteroatoms. The van der Waals surface area contributed by atoms with Crippen LogP contribution in [0.15, 0.2) is 182 Å². The molecule has 12 aromatic rings. The van der Waals surface area contributed by atoms with Crippen molar-refractivity contribution >= 4 is 106 Å². The zero-order valence-electron chi connectivity index (χ0n) is 29.1. The van der Waals surface area contributed by atoms with Crippen molar-refractivity contribution in [3.63, 3.8) is 0 Å². The molecule has 0 radical (unpaired) electrons. The van der Waals surface area contributed by atoms with Crippen LogP contribution in [0.25, 0.3) is 117 Å². The Morgan fingerprint density at radius 2 is 0.815 bits per heavy atom. The molecule has 0 spiro atoms. The molecule has 250 valence electrons. The van der Waals surface area contributed by atoms with Crippen LogP contribution in [0.2, 0.25) is 0 Å². The summed E-state index contributed by atoms with van der Waals surface area (Å²) in [6.45, 7) is 0. The molecule has 0 aliphatic rings. The highest BCUT2D eigenvalue weighted by atomic mass is 32.1. The van der Waals surface area contributed by atoms with Crippen molar-refractivity contribution in [2.75, 3.05) is 0 Å². The normalized spacial score (nSPS) is 12.1. The zero-order chi connectivity index (χ0) is 35.3. The third-order valence-corrected chi connectivity index (χ3v) is 13.8. The van der Waals surface area contributed by atoms with Crippen molar-refractivity contribution in [1.82, 2.24) is 0 Å². The van der Waals surface area contributed by atoms with Gasteiger partial charge >= 0.3 is 0 Å². The van der Waals surface area contributed by atoms with E-state index < -0.39 is 0 Å². The maximum absolute atomic E-state index is 2.46. The molecule has 2 aromatic heterocycles. The Labute approximate surface area is 319 Å². The third-order valence-electron chi connectivity index (χ3n) is 11.4. The Morgan fingerprint density at radius 1 is 0.241 bits per heavy atom. The van der Waals surface area contributed by atoms with Crippen LogP contribution in [0.4, 0.5) is 0 Å². The lowest BCUT2D eigenvalue weighted by molar-refractivity contribution is 1.63. The minimum atomic E-state index is 1.23. The van der Waals surface area contributed by atoms with Crippen LogP contribution in [-0.4, -0.2) is 0 Å². The average molecular weight is 719 g/mol. The smallest absolute Gasteiger partial charge is 0.0434 e. The van der Waals surface area contributed by atoms with Gasteiger partial charge in [0.05, 0.1) is 0 Å². The van der Waals surface area contributed by atoms with E-state index in [0.717, 1.165) is 0 Å². The second-order valence-electron chi connectivity index (χ2n) is 14.4. The van der Waals surface area contributed by atoms with Crippen LogP contribution in [0.1, 0.15) is 0 Å². The highest BCUT2D eigenvalue weighted by Crippen LogP contribution is 2.46. The molecule has 0 unspecified atom stereocenters. The van der Waals surface area contributed by atoms with Gasteiger partial charge in [-0.2, -0.15) is 0 Å². The Bertz CT molecular complexity index is 3450. The number of thiophene rings is 2. The first-order chi connectivity index (χ1) is 26.7. The zero-order valence-corrected chi connectivity index (χ0v) is 30.8. The summed E-state index contributed by atoms with van der Waals surface area (Å²) in [5.74, 6) is 0. The molecule has 0 fully saturated rings. The first-order valence-electron chi connectivity index (χ1n) is 18.5. The van der Waals surface area contributed by atoms with Gasteiger partial charge in [-0.15, -0.1) is 22.7 Å². The van der Waals surface area contributed by atoms with Gasteiger partial charge in [-0.25, -0.2) is 0 Å². The minimum absolute atomic E-state index is 1.23. The first-order valence-corrected chi connectivity index (χ1v) is 20.1. The van der Waals surface area contributed by atoms with Gasteiger partial charge in [-0.1, -0.05) is 140 Å². The monoisotopic (exact) mass is 718 g/mol. The van der Waals surface area contributed by atoms with Gasteiger partial charge < -0.3 is 0 Å². The second kappa shape index (κ2) is 11.6. The topological polar surface area (TPSA) is 0 Å². The lowest BCUT2D eigenvalue weighted by Crippen LogP contribution is -1.91. The van der Waals surface area contributed by atoms with Gasteiger partial charge in [-0.3, -0.25) is 0 Å². The maximum atomic E-state index is 2.46. The van der Waals surface area contributed by atoms with Crippen LogP contribution in [0, 0.1) is 0 Å². The van der Waals surface area contributed by atoms with E-state index >= 15 is 0 Å². The largest absolute Gasteiger partial charge is 0.135 e. The molecule has 0 aliphatic carbocycles. The molecule has 0 amide bonds. The molecule has 12 rings (SSSR count). The van der Waals surface area contributed by atoms with Gasteiger partial charge in [0.25, 0.3) is 0 Å². The molecular weight excluding hydrogens is 689 g/mol.